The lowest BCUT2D eigenvalue weighted by Crippen LogP contribution is -2.34. The molecule has 0 saturated carbocycles. The number of hydrogen-bond acceptors (Lipinski definition) is 4. The van der Waals surface area contributed by atoms with E-state index in [0.717, 1.165) is 23.1 Å². The van der Waals surface area contributed by atoms with Crippen LogP contribution in [0.5, 0.6) is 0 Å². The lowest BCUT2D eigenvalue weighted by Gasteiger charge is -2.24. The Hall–Kier alpha value is -1.86. The van der Waals surface area contributed by atoms with Gasteiger partial charge in [0.05, 0.1) is 10.2 Å². The van der Waals surface area contributed by atoms with E-state index < -0.39 is 5.60 Å². The minimum Gasteiger partial charge on any atom is -0.444 e. The van der Waals surface area contributed by atoms with Crippen molar-refractivity contribution in [3.63, 3.8) is 0 Å². The molecule has 0 spiro atoms. The number of halogens is 1. The first-order valence-electron chi connectivity index (χ1n) is 8.42. The quantitative estimate of drug-likeness (QED) is 0.545. The van der Waals surface area contributed by atoms with Gasteiger partial charge in [-0.3, -0.25) is 4.79 Å². The number of ether oxygens (including phenoxy) is 1. The molecule has 0 bridgehead atoms. The Balaban J connectivity index is 1.99. The van der Waals surface area contributed by atoms with E-state index in [1.807, 2.05) is 43.5 Å². The number of aromatic nitrogens is 1. The number of hydrogen-bond donors (Lipinski definition) is 0. The number of carbonyl (C=O) groups is 2. The van der Waals surface area contributed by atoms with Crippen molar-refractivity contribution < 1.29 is 14.3 Å². The Kier molecular flexibility index (Phi) is 6.83. The molecule has 26 heavy (non-hydrogen) atoms. The monoisotopic (exact) mass is 397 g/mol. The van der Waals surface area contributed by atoms with Crippen LogP contribution in [0.4, 0.5) is 4.79 Å². The second-order valence-corrected chi connectivity index (χ2v) is 8.44. The molecule has 142 valence electrons. The van der Waals surface area contributed by atoms with Gasteiger partial charge in [0.2, 0.25) is 6.41 Å². The second-order valence-electron chi connectivity index (χ2n) is 6.99. The molecular weight excluding hydrogens is 374 g/mol. The number of unbranched alkanes of at least 4 members (excludes halogenated alkanes) is 1. The van der Waals surface area contributed by atoms with Gasteiger partial charge in [0.1, 0.15) is 5.60 Å². The van der Waals surface area contributed by atoms with Gasteiger partial charge in [-0.2, -0.15) is 4.99 Å². The van der Waals surface area contributed by atoms with Crippen LogP contribution in [0.25, 0.3) is 10.2 Å². The fourth-order valence-electron chi connectivity index (χ4n) is 2.46. The first-order valence-corrected chi connectivity index (χ1v) is 9.61. The molecule has 0 aliphatic carbocycles. The van der Waals surface area contributed by atoms with Crippen LogP contribution < -0.4 is 4.80 Å². The van der Waals surface area contributed by atoms with Crippen molar-refractivity contribution in [1.82, 2.24) is 9.47 Å². The largest absolute Gasteiger partial charge is 0.444 e. The standard InChI is InChI=1S/C18H24ClN3O3S/c1-18(2,3)25-17(24)21(4)9-5-6-10-22-14-8-7-13(19)11-15(14)26-16(22)20-12-23/h7-8,11-12H,5-6,9-10H2,1-4H3. The number of carbonyl (C=O) groups excluding carboxylic acids is 2. The van der Waals surface area contributed by atoms with Gasteiger partial charge in [0, 0.05) is 25.2 Å². The third-order valence-electron chi connectivity index (χ3n) is 3.64. The highest BCUT2D eigenvalue weighted by Crippen LogP contribution is 2.22. The Labute approximate surface area is 162 Å². The molecule has 6 nitrogen and oxygen atoms in total. The summed E-state index contributed by atoms with van der Waals surface area (Å²) in [6.07, 6.45) is 1.89. The lowest BCUT2D eigenvalue weighted by molar-refractivity contribution is -0.107. The summed E-state index contributed by atoms with van der Waals surface area (Å²) in [7, 11) is 1.73. The highest BCUT2D eigenvalue weighted by molar-refractivity contribution is 7.16. The molecule has 2 aromatic rings. The second kappa shape index (κ2) is 8.68. The fraction of sp³-hybridized carbons (Fsp3) is 0.500. The summed E-state index contributed by atoms with van der Waals surface area (Å²) in [6, 6.07) is 5.64. The van der Waals surface area contributed by atoms with Crippen LogP contribution in [0.1, 0.15) is 33.6 Å². The number of benzene rings is 1. The van der Waals surface area contributed by atoms with E-state index in [2.05, 4.69) is 4.99 Å². The summed E-state index contributed by atoms with van der Waals surface area (Å²) < 4.78 is 8.34. The van der Waals surface area contributed by atoms with Gasteiger partial charge in [0.25, 0.3) is 0 Å². The molecule has 1 heterocycles. The molecule has 2 rings (SSSR count). The summed E-state index contributed by atoms with van der Waals surface area (Å²) in [4.78, 5) is 28.9. The van der Waals surface area contributed by atoms with Crippen molar-refractivity contribution in [2.24, 2.45) is 4.99 Å². The summed E-state index contributed by atoms with van der Waals surface area (Å²) in [5, 5.41) is 0.655. The minimum absolute atomic E-state index is 0.322. The smallest absolute Gasteiger partial charge is 0.410 e. The lowest BCUT2D eigenvalue weighted by atomic mass is 10.2. The maximum absolute atomic E-state index is 12.0. The van der Waals surface area contributed by atoms with Crippen molar-refractivity contribution >= 4 is 45.7 Å². The van der Waals surface area contributed by atoms with Gasteiger partial charge in [-0.1, -0.05) is 22.9 Å². The number of rotatable bonds is 6. The van der Waals surface area contributed by atoms with Crippen LogP contribution in [0.15, 0.2) is 23.2 Å². The van der Waals surface area contributed by atoms with Crippen LogP contribution in [0.2, 0.25) is 5.02 Å². The van der Waals surface area contributed by atoms with E-state index >= 15 is 0 Å². The van der Waals surface area contributed by atoms with E-state index in [1.165, 1.54) is 11.3 Å². The molecule has 0 atom stereocenters. The van der Waals surface area contributed by atoms with Crippen molar-refractivity contribution in [2.45, 2.75) is 45.8 Å². The third-order valence-corrected chi connectivity index (χ3v) is 4.93. The van der Waals surface area contributed by atoms with E-state index in [-0.39, 0.29) is 6.09 Å². The predicted molar refractivity (Wildman–Crippen MR) is 105 cm³/mol. The molecule has 1 aromatic heterocycles. The zero-order valence-corrected chi connectivity index (χ0v) is 17.1. The van der Waals surface area contributed by atoms with Gasteiger partial charge in [-0.15, -0.1) is 0 Å². The Morgan fingerprint density at radius 3 is 2.77 bits per heavy atom. The van der Waals surface area contributed by atoms with E-state index in [4.69, 9.17) is 16.3 Å². The Bertz CT molecular complexity index is 851. The van der Waals surface area contributed by atoms with Crippen molar-refractivity contribution in [3.05, 3.63) is 28.0 Å². The van der Waals surface area contributed by atoms with Gasteiger partial charge < -0.3 is 14.2 Å². The number of nitrogens with zero attached hydrogens (tertiary/aromatic N) is 3. The molecule has 0 N–H and O–H groups in total. The molecule has 0 radical (unpaired) electrons. The first-order chi connectivity index (χ1) is 12.2. The van der Waals surface area contributed by atoms with Gasteiger partial charge in [-0.25, -0.2) is 4.79 Å². The van der Waals surface area contributed by atoms with Crippen LogP contribution in [0.3, 0.4) is 0 Å². The van der Waals surface area contributed by atoms with Crippen LogP contribution in [0, 0.1) is 0 Å². The average Bonchev–Trinajstić information content (AvgIpc) is 2.86. The maximum atomic E-state index is 12.0. The molecule has 1 aromatic carbocycles. The summed E-state index contributed by atoms with van der Waals surface area (Å²) in [6.45, 7) is 6.85. The molecule has 0 saturated heterocycles. The molecule has 0 aliphatic rings. The normalized spacial score (nSPS) is 12.4. The summed E-state index contributed by atoms with van der Waals surface area (Å²) in [5.41, 5.74) is 0.504. The number of fused-ring (bicyclic) bond motifs is 1. The van der Waals surface area contributed by atoms with Gasteiger partial charge in [0.15, 0.2) is 4.80 Å². The highest BCUT2D eigenvalue weighted by atomic mass is 35.5. The number of aryl methyl sites for hydroxylation is 1. The third kappa shape index (κ3) is 5.57. The predicted octanol–water partition coefficient (Wildman–Crippen LogP) is 4.06. The SMILES string of the molecule is CN(CCCCn1c(=NC=O)sc2cc(Cl)ccc21)C(=O)OC(C)(C)C. The molecule has 2 amide bonds. The molecule has 0 unspecified atom stereocenters. The maximum Gasteiger partial charge on any atom is 0.410 e. The van der Waals surface area contributed by atoms with Gasteiger partial charge >= 0.3 is 6.09 Å². The highest BCUT2D eigenvalue weighted by Gasteiger charge is 2.19. The molecular formula is C18H24ClN3O3S. The van der Waals surface area contributed by atoms with Crippen LogP contribution in [-0.4, -0.2) is 41.2 Å². The van der Waals surface area contributed by atoms with Crippen LogP contribution in [-0.2, 0) is 16.1 Å². The van der Waals surface area contributed by atoms with E-state index in [9.17, 15) is 9.59 Å². The first kappa shape index (κ1) is 20.5. The van der Waals surface area contributed by atoms with E-state index in [1.54, 1.807) is 11.9 Å². The fourth-order valence-corrected chi connectivity index (χ4v) is 3.75. The zero-order valence-electron chi connectivity index (χ0n) is 15.5. The van der Waals surface area contributed by atoms with Crippen molar-refractivity contribution in [2.75, 3.05) is 13.6 Å². The Morgan fingerprint density at radius 2 is 2.12 bits per heavy atom. The van der Waals surface area contributed by atoms with Crippen molar-refractivity contribution in [3.8, 4) is 0 Å². The molecule has 0 fully saturated rings. The van der Waals surface area contributed by atoms with Crippen LogP contribution >= 0.6 is 22.9 Å². The minimum atomic E-state index is -0.497. The average molecular weight is 398 g/mol. The Morgan fingerprint density at radius 1 is 1.38 bits per heavy atom. The molecule has 8 heteroatoms. The summed E-state index contributed by atoms with van der Waals surface area (Å²) in [5.74, 6) is 0. The van der Waals surface area contributed by atoms with Gasteiger partial charge in [-0.05, 0) is 51.8 Å². The van der Waals surface area contributed by atoms with E-state index in [0.29, 0.717) is 29.3 Å². The van der Waals surface area contributed by atoms with Crippen molar-refractivity contribution in [1.29, 1.82) is 0 Å². The topological polar surface area (TPSA) is 63.9 Å². The zero-order chi connectivity index (χ0) is 19.3. The number of thiazole rings is 1. The number of amides is 2. The summed E-state index contributed by atoms with van der Waals surface area (Å²) >= 11 is 7.48. The molecule has 0 aliphatic heterocycles.